The van der Waals surface area contributed by atoms with Gasteiger partial charge in [0.25, 0.3) is 0 Å². The monoisotopic (exact) mass is 1430 g/mol. The summed E-state index contributed by atoms with van der Waals surface area (Å²) >= 11 is 0. The largest absolute Gasteiger partial charge is 0.394 e. The van der Waals surface area contributed by atoms with E-state index in [0.717, 1.165) is 103 Å². The molecule has 586 valence electrons. The standard InChI is InChI=1S/C82H145NO18/c1-3-5-7-9-11-13-15-17-19-21-23-25-27-29-31-32-34-35-37-39-41-43-45-47-49-51-53-55-57-59-66(87)65(83-70(88)60-58-56-54-52-50-48-46-44-42-40-38-36-33-30-28-26-24-22-20-18-16-14-12-10-8-6-4-2)64-96-80-76(94)73(91)78(68(62-85)98-80)101-82-77(95)74(92)79(69(63-86)99-82)100-81-75(93)72(90)71(89)67(61-84)97-81/h6,8,12,14,18,20,24,26,30,33,38,40,57,59,65-69,71-82,84-87,89-95H,3-5,7,9-11,13,15-17,19,21-23,25,27-29,31-32,34-37,39,41-56,58,60-64H2,1-2H3,(H,83,88)/b8-6-,14-12-,20-18-,26-24-,33-30-,40-38-,59-57+. The molecule has 3 rings (SSSR count). The van der Waals surface area contributed by atoms with Gasteiger partial charge in [0.2, 0.25) is 5.91 Å². The quantitative estimate of drug-likeness (QED) is 0.0199. The minimum absolute atomic E-state index is 0.229. The maximum absolute atomic E-state index is 13.5. The van der Waals surface area contributed by atoms with Crippen molar-refractivity contribution in [3.8, 4) is 0 Å². The number of hydrogen-bond donors (Lipinski definition) is 12. The first-order chi connectivity index (χ1) is 49.3. The number of nitrogens with one attached hydrogen (secondary N) is 1. The molecule has 0 aromatic carbocycles. The Morgan fingerprint density at radius 1 is 0.366 bits per heavy atom. The van der Waals surface area contributed by atoms with Gasteiger partial charge in [0.1, 0.15) is 73.2 Å². The van der Waals surface area contributed by atoms with Gasteiger partial charge in [0, 0.05) is 6.42 Å². The Kier molecular flexibility index (Phi) is 56.6. The van der Waals surface area contributed by atoms with Crippen molar-refractivity contribution in [2.24, 2.45) is 0 Å². The zero-order valence-electron chi connectivity index (χ0n) is 62.6. The summed E-state index contributed by atoms with van der Waals surface area (Å²) in [6.07, 6.45) is 55.6. The Hall–Kier alpha value is -3.03. The lowest BCUT2D eigenvalue weighted by molar-refractivity contribution is -0.379. The first-order valence-electron chi connectivity index (χ1n) is 40.3. The van der Waals surface area contributed by atoms with Crippen LogP contribution in [0.25, 0.3) is 0 Å². The van der Waals surface area contributed by atoms with E-state index in [1.54, 1.807) is 6.08 Å². The maximum atomic E-state index is 13.5. The first kappa shape index (κ1) is 92.2. The van der Waals surface area contributed by atoms with Gasteiger partial charge in [-0.3, -0.25) is 4.79 Å². The van der Waals surface area contributed by atoms with E-state index < -0.39 is 124 Å². The van der Waals surface area contributed by atoms with E-state index in [0.29, 0.717) is 6.42 Å². The Bertz CT molecular complexity index is 2150. The second-order valence-corrected chi connectivity index (χ2v) is 28.5. The second-order valence-electron chi connectivity index (χ2n) is 28.5. The fraction of sp³-hybridized carbons (Fsp3) is 0.817. The number of allylic oxidation sites excluding steroid dienone is 13. The molecule has 3 heterocycles. The van der Waals surface area contributed by atoms with E-state index >= 15 is 0 Å². The molecular formula is C82H145NO18. The molecule has 3 aliphatic rings. The molecule has 12 N–H and O–H groups in total. The summed E-state index contributed by atoms with van der Waals surface area (Å²) < 4.78 is 34.5. The summed E-state index contributed by atoms with van der Waals surface area (Å²) in [5.74, 6) is -0.284. The van der Waals surface area contributed by atoms with Crippen LogP contribution in [0.3, 0.4) is 0 Å². The van der Waals surface area contributed by atoms with Gasteiger partial charge in [-0.1, -0.05) is 304 Å². The van der Waals surface area contributed by atoms with Crippen molar-refractivity contribution in [2.75, 3.05) is 26.4 Å². The van der Waals surface area contributed by atoms with Gasteiger partial charge in [0.15, 0.2) is 18.9 Å². The molecule has 3 aliphatic heterocycles. The van der Waals surface area contributed by atoms with E-state index in [2.05, 4.69) is 92.1 Å². The van der Waals surface area contributed by atoms with Crippen LogP contribution in [-0.2, 0) is 33.2 Å². The highest BCUT2D eigenvalue weighted by atomic mass is 16.8. The predicted molar refractivity (Wildman–Crippen MR) is 401 cm³/mol. The van der Waals surface area contributed by atoms with Gasteiger partial charge in [-0.05, 0) is 70.6 Å². The number of aliphatic hydroxyl groups excluding tert-OH is 11. The van der Waals surface area contributed by atoms with Crippen LogP contribution >= 0.6 is 0 Å². The van der Waals surface area contributed by atoms with Crippen molar-refractivity contribution in [1.82, 2.24) is 5.32 Å². The minimum Gasteiger partial charge on any atom is -0.394 e. The number of unbranched alkanes of at least 4 members (excludes halogenated alkanes) is 35. The van der Waals surface area contributed by atoms with Gasteiger partial charge in [-0.15, -0.1) is 0 Å². The summed E-state index contributed by atoms with van der Waals surface area (Å²) in [4.78, 5) is 13.5. The van der Waals surface area contributed by atoms with E-state index in [1.165, 1.54) is 167 Å². The molecule has 3 fully saturated rings. The number of amides is 1. The SMILES string of the molecule is CC/C=C\C/C=C\C/C=C\C/C=C\C/C=C\C/C=C\CCCCCCCCCCC(=O)NC(COC1OC(CO)C(OC2OC(CO)C(OC3OC(CO)C(O)C(O)C3O)C(O)C2O)C(O)C1O)C(O)/C=C/CCCCCCCCCCCCCCCCCCCCCCCCCCCCC. The molecule has 17 atom stereocenters. The number of carbonyl (C=O) groups is 1. The number of carbonyl (C=O) groups excluding carboxylic acids is 1. The molecule has 0 radical (unpaired) electrons. The number of ether oxygens (including phenoxy) is 6. The Morgan fingerprint density at radius 2 is 0.683 bits per heavy atom. The van der Waals surface area contributed by atoms with Crippen molar-refractivity contribution >= 4 is 5.91 Å². The van der Waals surface area contributed by atoms with Crippen LogP contribution in [0.1, 0.15) is 296 Å². The summed E-state index contributed by atoms with van der Waals surface area (Å²) in [6, 6.07) is -0.985. The number of aliphatic hydroxyl groups is 11. The van der Waals surface area contributed by atoms with Crippen LogP contribution < -0.4 is 5.32 Å². The molecule has 0 spiro atoms. The highest BCUT2D eigenvalue weighted by Crippen LogP contribution is 2.33. The van der Waals surface area contributed by atoms with E-state index in [-0.39, 0.29) is 18.9 Å². The zero-order valence-corrected chi connectivity index (χ0v) is 62.6. The van der Waals surface area contributed by atoms with Crippen LogP contribution in [0.4, 0.5) is 0 Å². The smallest absolute Gasteiger partial charge is 0.220 e. The number of rotatable bonds is 63. The van der Waals surface area contributed by atoms with Crippen LogP contribution in [0.5, 0.6) is 0 Å². The Balaban J connectivity index is 1.39. The molecule has 0 bridgehead atoms. The van der Waals surface area contributed by atoms with Crippen molar-refractivity contribution in [3.05, 3.63) is 85.1 Å². The second kappa shape index (κ2) is 62.1. The van der Waals surface area contributed by atoms with Gasteiger partial charge < -0.3 is 89.9 Å². The zero-order chi connectivity index (χ0) is 73.2. The van der Waals surface area contributed by atoms with Crippen molar-refractivity contribution in [2.45, 2.75) is 401 Å². The van der Waals surface area contributed by atoms with E-state index in [4.69, 9.17) is 28.4 Å². The number of hydrogen-bond acceptors (Lipinski definition) is 18. The minimum atomic E-state index is -1.98. The lowest BCUT2D eigenvalue weighted by atomic mass is 9.96. The highest BCUT2D eigenvalue weighted by Gasteiger charge is 2.54. The summed E-state index contributed by atoms with van der Waals surface area (Å²) in [5, 5.41) is 121. The third kappa shape index (κ3) is 42.2. The fourth-order valence-corrected chi connectivity index (χ4v) is 13.3. The molecule has 0 aliphatic carbocycles. The molecule has 0 saturated carbocycles. The predicted octanol–water partition coefficient (Wildman–Crippen LogP) is 13.4. The Morgan fingerprint density at radius 3 is 1.07 bits per heavy atom. The van der Waals surface area contributed by atoms with E-state index in [1.807, 2.05) is 6.08 Å². The summed E-state index contributed by atoms with van der Waals surface area (Å²) in [7, 11) is 0. The normalized spacial score (nSPS) is 26.8. The van der Waals surface area contributed by atoms with Gasteiger partial charge in [0.05, 0.1) is 38.6 Å². The van der Waals surface area contributed by atoms with Gasteiger partial charge in [-0.25, -0.2) is 0 Å². The van der Waals surface area contributed by atoms with Gasteiger partial charge >= 0.3 is 0 Å². The van der Waals surface area contributed by atoms with Crippen molar-refractivity contribution in [1.29, 1.82) is 0 Å². The van der Waals surface area contributed by atoms with E-state index in [9.17, 15) is 61.0 Å². The lowest BCUT2D eigenvalue weighted by Crippen LogP contribution is -2.66. The fourth-order valence-electron chi connectivity index (χ4n) is 13.3. The molecule has 19 heteroatoms. The van der Waals surface area contributed by atoms with Crippen LogP contribution in [0.2, 0.25) is 0 Å². The van der Waals surface area contributed by atoms with Gasteiger partial charge in [-0.2, -0.15) is 0 Å². The first-order valence-corrected chi connectivity index (χ1v) is 40.3. The molecule has 1 amide bonds. The molecule has 19 nitrogen and oxygen atoms in total. The molecule has 17 unspecified atom stereocenters. The maximum Gasteiger partial charge on any atom is 0.220 e. The van der Waals surface area contributed by atoms with Crippen LogP contribution in [-0.4, -0.2) is 193 Å². The average Bonchev–Trinajstić information content (AvgIpc) is 0.782. The third-order valence-electron chi connectivity index (χ3n) is 19.7. The molecular weight excluding hydrogens is 1290 g/mol. The topological polar surface area (TPSA) is 307 Å². The third-order valence-corrected chi connectivity index (χ3v) is 19.7. The lowest BCUT2D eigenvalue weighted by Gasteiger charge is -2.48. The molecule has 101 heavy (non-hydrogen) atoms. The van der Waals surface area contributed by atoms with Crippen molar-refractivity contribution in [3.63, 3.8) is 0 Å². The van der Waals surface area contributed by atoms with Crippen LogP contribution in [0, 0.1) is 0 Å². The molecule has 0 aromatic heterocycles. The van der Waals surface area contributed by atoms with Crippen LogP contribution in [0.15, 0.2) is 85.1 Å². The molecule has 3 saturated heterocycles. The summed E-state index contributed by atoms with van der Waals surface area (Å²) in [6.45, 7) is 1.64. The Labute approximate surface area is 610 Å². The summed E-state index contributed by atoms with van der Waals surface area (Å²) in [5.41, 5.74) is 0. The molecule has 0 aromatic rings. The van der Waals surface area contributed by atoms with Crippen molar-refractivity contribution < 1.29 is 89.4 Å². The highest BCUT2D eigenvalue weighted by molar-refractivity contribution is 5.76. The average molecular weight is 1430 g/mol.